The van der Waals surface area contributed by atoms with Gasteiger partial charge in [-0.25, -0.2) is 0 Å². The van der Waals surface area contributed by atoms with Crippen molar-refractivity contribution in [1.29, 1.82) is 0 Å². The number of carbonyl (C=O) groups excluding carboxylic acids is 3. The number of rotatable bonds is 9. The molecule has 0 fully saturated rings. The van der Waals surface area contributed by atoms with Gasteiger partial charge < -0.3 is 25.5 Å². The molecule has 5 rings (SSSR count). The van der Waals surface area contributed by atoms with Crippen molar-refractivity contribution in [2.24, 2.45) is 0 Å². The van der Waals surface area contributed by atoms with Gasteiger partial charge in [0.05, 0.1) is 11.8 Å². The normalized spacial score (nSPS) is 13.3. The molecule has 0 saturated heterocycles. The van der Waals surface area contributed by atoms with Gasteiger partial charge in [0, 0.05) is 51.4 Å². The smallest absolute Gasteiger partial charge is 0.303 e. The lowest BCUT2D eigenvalue weighted by Gasteiger charge is -2.11. The van der Waals surface area contributed by atoms with Gasteiger partial charge in [0.2, 0.25) is 0 Å². The number of hydrogen-bond donors (Lipinski definition) is 4. The molecule has 4 N–H and O–H groups in total. The molecule has 0 spiro atoms. The summed E-state index contributed by atoms with van der Waals surface area (Å²) in [7, 11) is 0. The van der Waals surface area contributed by atoms with Crippen LogP contribution in [0.3, 0.4) is 0 Å². The van der Waals surface area contributed by atoms with Crippen molar-refractivity contribution in [3.05, 3.63) is 118 Å². The molecule has 0 atom stereocenters. The molecule has 2 heterocycles. The van der Waals surface area contributed by atoms with Gasteiger partial charge in [-0.2, -0.15) is 0 Å². The Balaban J connectivity index is 1.32. The summed E-state index contributed by atoms with van der Waals surface area (Å²) in [5.74, 6) is -1.60. The van der Waals surface area contributed by atoms with E-state index < -0.39 is 11.9 Å². The third-order valence-corrected chi connectivity index (χ3v) is 6.77. The van der Waals surface area contributed by atoms with Gasteiger partial charge in [-0.1, -0.05) is 36.4 Å². The first-order valence-corrected chi connectivity index (χ1v) is 12.9. The van der Waals surface area contributed by atoms with Gasteiger partial charge in [-0.15, -0.1) is 0 Å². The van der Waals surface area contributed by atoms with Crippen molar-refractivity contribution in [1.82, 2.24) is 0 Å². The topological polar surface area (TPSA) is 138 Å². The number of furan rings is 1. The number of fused-ring (bicyclic) bond motifs is 1. The predicted molar refractivity (Wildman–Crippen MR) is 155 cm³/mol. The number of aliphatic carboxylic acids is 1. The average Bonchev–Trinajstić information content (AvgIpc) is 3.53. The summed E-state index contributed by atoms with van der Waals surface area (Å²) in [6.07, 6.45) is 1.94. The van der Waals surface area contributed by atoms with Crippen molar-refractivity contribution in [2.75, 3.05) is 16.0 Å². The number of aryl methyl sites for hydroxylation is 2. The number of carboxylic acid groups (broad SMARTS) is 1. The zero-order valence-corrected chi connectivity index (χ0v) is 22.4. The maximum Gasteiger partial charge on any atom is 0.303 e. The Labute approximate surface area is 235 Å². The van der Waals surface area contributed by atoms with Crippen LogP contribution in [0.2, 0.25) is 0 Å². The molecular formula is C32H27N3O6. The van der Waals surface area contributed by atoms with E-state index >= 15 is 0 Å². The minimum Gasteiger partial charge on any atom is -0.481 e. The molecule has 0 radical (unpaired) electrons. The number of carboxylic acids is 1. The number of carbonyl (C=O) groups is 4. The van der Waals surface area contributed by atoms with Crippen LogP contribution in [0.15, 0.2) is 89.2 Å². The molecule has 41 heavy (non-hydrogen) atoms. The summed E-state index contributed by atoms with van der Waals surface area (Å²) in [6.45, 7) is 3.57. The molecular weight excluding hydrogens is 522 g/mol. The Hall–Kier alpha value is -5.44. The first-order valence-electron chi connectivity index (χ1n) is 12.9. The number of ketones is 1. The molecule has 0 aliphatic carbocycles. The highest BCUT2D eigenvalue weighted by molar-refractivity contribution is 6.32. The van der Waals surface area contributed by atoms with Crippen molar-refractivity contribution in [3.8, 4) is 0 Å². The Bertz CT molecular complexity index is 1720. The molecule has 3 aromatic carbocycles. The van der Waals surface area contributed by atoms with Crippen molar-refractivity contribution in [2.45, 2.75) is 26.7 Å². The van der Waals surface area contributed by atoms with Crippen molar-refractivity contribution >= 4 is 46.2 Å². The first-order chi connectivity index (χ1) is 19.7. The molecule has 0 bridgehead atoms. The van der Waals surface area contributed by atoms with Crippen LogP contribution in [0.5, 0.6) is 0 Å². The number of allylic oxidation sites excluding steroid dienone is 1. The average molecular weight is 550 g/mol. The van der Waals surface area contributed by atoms with Gasteiger partial charge in [0.1, 0.15) is 0 Å². The Morgan fingerprint density at radius 2 is 1.66 bits per heavy atom. The summed E-state index contributed by atoms with van der Waals surface area (Å²) in [5, 5.41) is 17.7. The van der Waals surface area contributed by atoms with Crippen LogP contribution >= 0.6 is 0 Å². The molecule has 1 aliphatic heterocycles. The van der Waals surface area contributed by atoms with Crippen LogP contribution in [0.4, 0.5) is 17.1 Å². The molecule has 4 aromatic rings. The molecule has 0 saturated carbocycles. The number of hydrogen-bond acceptors (Lipinski definition) is 6. The van der Waals surface area contributed by atoms with E-state index in [2.05, 4.69) is 16.0 Å². The first kappa shape index (κ1) is 27.1. The van der Waals surface area contributed by atoms with Gasteiger partial charge in [-0.05, 0) is 62.2 Å². The number of nitrogens with one attached hydrogen (secondary N) is 3. The van der Waals surface area contributed by atoms with Crippen LogP contribution in [0.25, 0.3) is 5.57 Å². The van der Waals surface area contributed by atoms with E-state index in [1.807, 2.05) is 24.3 Å². The van der Waals surface area contributed by atoms with Gasteiger partial charge in [-0.3, -0.25) is 19.2 Å². The summed E-state index contributed by atoms with van der Waals surface area (Å²) >= 11 is 0. The lowest BCUT2D eigenvalue weighted by Crippen LogP contribution is -2.12. The maximum atomic E-state index is 13.3. The zero-order chi connectivity index (χ0) is 29.1. The standard InChI is InChI=1S/C32H27N3O6/c1-18-14-15-41-30(18)32(40)34-24-5-3-4-21(16-24)29(38)22-9-12-25-26(17-22)35-31(39)28(25)19(2)33-23-10-6-20(7-11-23)8-13-27(36)37/h3-7,9-12,14-17,33H,8,13H2,1-2H3,(H,34,40)(H,35,39)(H,36,37)/b28-19-. The van der Waals surface area contributed by atoms with E-state index in [1.54, 1.807) is 62.4 Å². The largest absolute Gasteiger partial charge is 0.481 e. The van der Waals surface area contributed by atoms with E-state index in [1.165, 1.54) is 6.26 Å². The van der Waals surface area contributed by atoms with Gasteiger partial charge in [0.25, 0.3) is 11.8 Å². The minimum absolute atomic E-state index is 0.0603. The highest BCUT2D eigenvalue weighted by Crippen LogP contribution is 2.35. The molecule has 2 amide bonds. The number of amides is 2. The fourth-order valence-electron chi connectivity index (χ4n) is 4.67. The highest BCUT2D eigenvalue weighted by Gasteiger charge is 2.27. The fourth-order valence-corrected chi connectivity index (χ4v) is 4.67. The Kier molecular flexibility index (Phi) is 7.51. The van der Waals surface area contributed by atoms with Crippen LogP contribution in [0, 0.1) is 6.92 Å². The predicted octanol–water partition coefficient (Wildman–Crippen LogP) is 5.88. The molecule has 9 heteroatoms. The lowest BCUT2D eigenvalue weighted by molar-refractivity contribution is -0.137. The monoisotopic (exact) mass is 549 g/mol. The molecule has 0 unspecified atom stereocenters. The zero-order valence-electron chi connectivity index (χ0n) is 22.4. The number of anilines is 3. The number of benzene rings is 3. The SMILES string of the molecule is C/C(Nc1ccc(CCC(=O)O)cc1)=C1/C(=O)Nc2cc(C(=O)c3cccc(NC(=O)c4occc4C)c3)ccc21. The summed E-state index contributed by atoms with van der Waals surface area (Å²) in [4.78, 5) is 49.5. The van der Waals surface area contributed by atoms with E-state index in [0.717, 1.165) is 11.3 Å². The van der Waals surface area contributed by atoms with Crippen molar-refractivity contribution in [3.63, 3.8) is 0 Å². The highest BCUT2D eigenvalue weighted by atomic mass is 16.4. The third kappa shape index (κ3) is 5.94. The van der Waals surface area contributed by atoms with E-state index in [4.69, 9.17) is 9.52 Å². The van der Waals surface area contributed by atoms with Gasteiger partial charge in [0.15, 0.2) is 11.5 Å². The van der Waals surface area contributed by atoms with Crippen LogP contribution < -0.4 is 16.0 Å². The molecule has 1 aromatic heterocycles. The Morgan fingerprint density at radius 1 is 0.902 bits per heavy atom. The van der Waals surface area contributed by atoms with E-state index in [9.17, 15) is 19.2 Å². The maximum absolute atomic E-state index is 13.3. The summed E-state index contributed by atoms with van der Waals surface area (Å²) < 4.78 is 5.24. The van der Waals surface area contributed by atoms with Crippen molar-refractivity contribution < 1.29 is 28.7 Å². The summed E-state index contributed by atoms with van der Waals surface area (Å²) in [6, 6.07) is 20.7. The molecule has 206 valence electrons. The lowest BCUT2D eigenvalue weighted by atomic mass is 9.98. The quantitative estimate of drug-likeness (QED) is 0.151. The van der Waals surface area contributed by atoms with E-state index in [-0.39, 0.29) is 23.9 Å². The molecule has 1 aliphatic rings. The summed E-state index contributed by atoms with van der Waals surface area (Å²) in [5.41, 5.74) is 5.89. The third-order valence-electron chi connectivity index (χ3n) is 6.77. The Morgan fingerprint density at radius 3 is 2.37 bits per heavy atom. The fraction of sp³-hybridized carbons (Fsp3) is 0.125. The minimum atomic E-state index is -0.846. The van der Waals surface area contributed by atoms with Crippen LogP contribution in [-0.4, -0.2) is 28.7 Å². The second kappa shape index (κ2) is 11.4. The van der Waals surface area contributed by atoms with E-state index in [0.29, 0.717) is 51.3 Å². The van der Waals surface area contributed by atoms with Gasteiger partial charge >= 0.3 is 5.97 Å². The second-order valence-corrected chi connectivity index (χ2v) is 9.73. The molecule has 9 nitrogen and oxygen atoms in total. The van der Waals surface area contributed by atoms with Crippen LogP contribution in [0.1, 0.15) is 56.5 Å². The van der Waals surface area contributed by atoms with Crippen LogP contribution in [-0.2, 0) is 16.0 Å². The second-order valence-electron chi connectivity index (χ2n) is 9.73.